The van der Waals surface area contributed by atoms with E-state index in [1.54, 1.807) is 29.3 Å². The van der Waals surface area contributed by atoms with Crippen LogP contribution in [-0.4, -0.2) is 25.0 Å². The molecule has 1 saturated carbocycles. The van der Waals surface area contributed by atoms with Crippen molar-refractivity contribution in [2.75, 3.05) is 0 Å². The van der Waals surface area contributed by atoms with Gasteiger partial charge in [-0.1, -0.05) is 12.8 Å². The van der Waals surface area contributed by atoms with Crippen molar-refractivity contribution in [3.63, 3.8) is 0 Å². The molecule has 1 aliphatic rings. The van der Waals surface area contributed by atoms with Crippen molar-refractivity contribution in [3.8, 4) is 5.69 Å². The minimum absolute atomic E-state index is 0.257. The highest BCUT2D eigenvalue weighted by Crippen LogP contribution is 2.36. The number of hydrogen-bond donors (Lipinski definition) is 0. The predicted molar refractivity (Wildman–Crippen MR) is 84.7 cm³/mol. The van der Waals surface area contributed by atoms with Crippen LogP contribution in [0.15, 0.2) is 41.8 Å². The summed E-state index contributed by atoms with van der Waals surface area (Å²) in [5.41, 5.74) is 1.56. The zero-order valence-corrected chi connectivity index (χ0v) is 12.8. The van der Waals surface area contributed by atoms with E-state index in [9.17, 15) is 4.39 Å². The second kappa shape index (κ2) is 5.68. The van der Waals surface area contributed by atoms with Gasteiger partial charge >= 0.3 is 0 Å². The van der Waals surface area contributed by atoms with E-state index < -0.39 is 0 Å². The van der Waals surface area contributed by atoms with Gasteiger partial charge in [-0.05, 0) is 37.1 Å². The van der Waals surface area contributed by atoms with Crippen LogP contribution >= 0.6 is 11.8 Å². The third-order valence-corrected chi connectivity index (χ3v) is 5.33. The molecule has 0 unspecified atom stereocenters. The van der Waals surface area contributed by atoms with Crippen molar-refractivity contribution < 1.29 is 4.39 Å². The Labute approximate surface area is 131 Å². The zero-order valence-electron chi connectivity index (χ0n) is 11.9. The lowest BCUT2D eigenvalue weighted by Crippen LogP contribution is -1.99. The van der Waals surface area contributed by atoms with E-state index in [-0.39, 0.29) is 5.82 Å². The number of hydrogen-bond acceptors (Lipinski definition) is 4. The molecule has 0 spiro atoms. The van der Waals surface area contributed by atoms with Gasteiger partial charge in [-0.3, -0.25) is 0 Å². The van der Waals surface area contributed by atoms with Gasteiger partial charge in [0.15, 0.2) is 5.65 Å². The van der Waals surface area contributed by atoms with Crippen molar-refractivity contribution in [1.82, 2.24) is 19.7 Å². The SMILES string of the molecule is Fc1ccc(-n2ncc3c(SC4CCCC4)ncnc32)cc1. The molecular weight excluding hydrogens is 299 g/mol. The van der Waals surface area contributed by atoms with Gasteiger partial charge in [-0.25, -0.2) is 19.0 Å². The number of rotatable bonds is 3. The molecule has 0 radical (unpaired) electrons. The third-order valence-electron chi connectivity index (χ3n) is 3.98. The Morgan fingerprint density at radius 2 is 1.86 bits per heavy atom. The minimum Gasteiger partial charge on any atom is -0.229 e. The Kier molecular flexibility index (Phi) is 3.54. The van der Waals surface area contributed by atoms with Gasteiger partial charge in [0.2, 0.25) is 0 Å². The normalized spacial score (nSPS) is 15.7. The molecule has 4 rings (SSSR count). The van der Waals surface area contributed by atoms with Crippen LogP contribution in [0.25, 0.3) is 16.7 Å². The molecule has 6 heteroatoms. The average molecular weight is 314 g/mol. The molecule has 22 heavy (non-hydrogen) atoms. The standard InChI is InChI=1S/C16H15FN4S/c17-11-5-7-12(8-6-11)21-15-14(9-20-21)16(19-10-18-15)22-13-3-1-2-4-13/h5-10,13H,1-4H2. The lowest BCUT2D eigenvalue weighted by molar-refractivity contribution is 0.627. The molecular formula is C16H15FN4S. The van der Waals surface area contributed by atoms with Gasteiger partial charge in [0.1, 0.15) is 17.2 Å². The molecule has 0 amide bonds. The Hall–Kier alpha value is -1.95. The van der Waals surface area contributed by atoms with E-state index in [4.69, 9.17) is 0 Å². The molecule has 0 atom stereocenters. The van der Waals surface area contributed by atoms with Gasteiger partial charge in [0.05, 0.1) is 17.3 Å². The molecule has 0 aliphatic heterocycles. The molecule has 1 aliphatic carbocycles. The Morgan fingerprint density at radius 1 is 1.09 bits per heavy atom. The summed E-state index contributed by atoms with van der Waals surface area (Å²) in [5, 5.41) is 7.01. The van der Waals surface area contributed by atoms with Crippen LogP contribution in [0.4, 0.5) is 4.39 Å². The van der Waals surface area contributed by atoms with E-state index in [0.29, 0.717) is 5.25 Å². The number of halogens is 1. The summed E-state index contributed by atoms with van der Waals surface area (Å²) < 4.78 is 14.8. The quantitative estimate of drug-likeness (QED) is 0.686. The summed E-state index contributed by atoms with van der Waals surface area (Å²) in [6.45, 7) is 0. The first-order valence-electron chi connectivity index (χ1n) is 7.42. The Morgan fingerprint density at radius 3 is 2.64 bits per heavy atom. The number of benzene rings is 1. The van der Waals surface area contributed by atoms with Gasteiger partial charge in [0, 0.05) is 5.25 Å². The molecule has 2 aromatic heterocycles. The molecule has 0 saturated heterocycles. The van der Waals surface area contributed by atoms with E-state index in [1.807, 2.05) is 11.8 Å². The number of fused-ring (bicyclic) bond motifs is 1. The molecule has 1 fully saturated rings. The second-order valence-corrected chi connectivity index (χ2v) is 6.76. The highest BCUT2D eigenvalue weighted by molar-refractivity contribution is 8.00. The molecule has 1 aromatic carbocycles. The van der Waals surface area contributed by atoms with Crippen LogP contribution in [0.1, 0.15) is 25.7 Å². The second-order valence-electron chi connectivity index (χ2n) is 5.47. The zero-order chi connectivity index (χ0) is 14.9. The number of thioether (sulfide) groups is 1. The van der Waals surface area contributed by atoms with Crippen LogP contribution < -0.4 is 0 Å². The van der Waals surface area contributed by atoms with Crippen LogP contribution in [0.3, 0.4) is 0 Å². The van der Waals surface area contributed by atoms with Gasteiger partial charge in [-0.15, -0.1) is 11.8 Å². The lowest BCUT2D eigenvalue weighted by atomic mass is 10.3. The van der Waals surface area contributed by atoms with Crippen LogP contribution in [0.2, 0.25) is 0 Å². The highest BCUT2D eigenvalue weighted by Gasteiger charge is 2.19. The van der Waals surface area contributed by atoms with Crippen LogP contribution in [0.5, 0.6) is 0 Å². The topological polar surface area (TPSA) is 43.6 Å². The number of nitrogens with zero attached hydrogens (tertiary/aromatic N) is 4. The van der Waals surface area contributed by atoms with Crippen LogP contribution in [0, 0.1) is 5.82 Å². The van der Waals surface area contributed by atoms with Crippen LogP contribution in [-0.2, 0) is 0 Å². The molecule has 0 N–H and O–H groups in total. The Balaban J connectivity index is 1.74. The monoisotopic (exact) mass is 314 g/mol. The van der Waals surface area contributed by atoms with Crippen molar-refractivity contribution in [2.45, 2.75) is 36.0 Å². The summed E-state index contributed by atoms with van der Waals surface area (Å²) in [7, 11) is 0. The third kappa shape index (κ3) is 2.47. The maximum absolute atomic E-state index is 13.1. The van der Waals surface area contributed by atoms with Crippen molar-refractivity contribution >= 4 is 22.8 Å². The molecule has 2 heterocycles. The molecule has 0 bridgehead atoms. The lowest BCUT2D eigenvalue weighted by Gasteiger charge is -2.08. The highest BCUT2D eigenvalue weighted by atomic mass is 32.2. The average Bonchev–Trinajstić information content (AvgIpc) is 3.18. The minimum atomic E-state index is -0.257. The maximum atomic E-state index is 13.1. The smallest absolute Gasteiger partial charge is 0.167 e. The molecule has 3 aromatic rings. The summed E-state index contributed by atoms with van der Waals surface area (Å²) in [5.74, 6) is -0.257. The predicted octanol–water partition coefficient (Wildman–Crippen LogP) is 3.99. The first kappa shape index (κ1) is 13.7. The van der Waals surface area contributed by atoms with Gasteiger partial charge in [-0.2, -0.15) is 5.10 Å². The molecule has 112 valence electrons. The molecule has 4 nitrogen and oxygen atoms in total. The van der Waals surface area contributed by atoms with E-state index in [1.165, 1.54) is 37.8 Å². The van der Waals surface area contributed by atoms with E-state index >= 15 is 0 Å². The van der Waals surface area contributed by atoms with Gasteiger partial charge < -0.3 is 0 Å². The van der Waals surface area contributed by atoms with E-state index in [0.717, 1.165) is 21.7 Å². The fourth-order valence-corrected chi connectivity index (χ4v) is 4.12. The largest absolute Gasteiger partial charge is 0.229 e. The first-order valence-corrected chi connectivity index (χ1v) is 8.30. The van der Waals surface area contributed by atoms with E-state index in [2.05, 4.69) is 15.1 Å². The fraction of sp³-hybridized carbons (Fsp3) is 0.312. The summed E-state index contributed by atoms with van der Waals surface area (Å²) in [6.07, 6.45) is 8.50. The first-order chi connectivity index (χ1) is 10.8. The fourth-order valence-electron chi connectivity index (χ4n) is 2.85. The van der Waals surface area contributed by atoms with Crippen molar-refractivity contribution in [2.24, 2.45) is 0 Å². The summed E-state index contributed by atoms with van der Waals surface area (Å²) >= 11 is 1.83. The Bertz CT molecular complexity index is 794. The summed E-state index contributed by atoms with van der Waals surface area (Å²) in [6, 6.07) is 6.26. The van der Waals surface area contributed by atoms with Crippen molar-refractivity contribution in [1.29, 1.82) is 0 Å². The number of aromatic nitrogens is 4. The van der Waals surface area contributed by atoms with Crippen molar-refractivity contribution in [3.05, 3.63) is 42.6 Å². The maximum Gasteiger partial charge on any atom is 0.167 e. The summed E-state index contributed by atoms with van der Waals surface area (Å²) in [4.78, 5) is 8.79. The van der Waals surface area contributed by atoms with Gasteiger partial charge in [0.25, 0.3) is 0 Å².